The molecule has 0 radical (unpaired) electrons. The zero-order valence-electron chi connectivity index (χ0n) is 8.78. The Morgan fingerprint density at radius 3 is 2.88 bits per heavy atom. The summed E-state index contributed by atoms with van der Waals surface area (Å²) in [5.41, 5.74) is 0.0235. The number of hydrogen-bond acceptors (Lipinski definition) is 3. The number of amides is 2. The lowest BCUT2D eigenvalue weighted by Gasteiger charge is -2.11. The van der Waals surface area contributed by atoms with Gasteiger partial charge in [-0.1, -0.05) is 15.9 Å². The number of urea groups is 1. The molecule has 4 N–H and O–H groups in total. The van der Waals surface area contributed by atoms with Gasteiger partial charge in [-0.3, -0.25) is 0 Å². The lowest BCUT2D eigenvalue weighted by molar-refractivity contribution is 0.0965. The molecule has 1 aromatic rings. The van der Waals surface area contributed by atoms with Gasteiger partial charge in [0.2, 0.25) is 0 Å². The summed E-state index contributed by atoms with van der Waals surface area (Å²) in [6, 6.07) is 3.47. The monoisotopic (exact) mass is 306 g/mol. The van der Waals surface area contributed by atoms with Crippen molar-refractivity contribution in [2.24, 2.45) is 0 Å². The van der Waals surface area contributed by atoms with Crippen LogP contribution in [0, 0.1) is 5.82 Å². The summed E-state index contributed by atoms with van der Waals surface area (Å²) in [5, 5.41) is 22.1. The van der Waals surface area contributed by atoms with Crippen molar-refractivity contribution in [1.29, 1.82) is 0 Å². The fraction of sp³-hybridized carbons (Fsp3) is 0.300. The third-order valence-corrected chi connectivity index (χ3v) is 2.38. The van der Waals surface area contributed by atoms with Crippen LogP contribution in [0.5, 0.6) is 0 Å². The van der Waals surface area contributed by atoms with Crippen molar-refractivity contribution in [2.45, 2.75) is 6.10 Å². The molecule has 7 heteroatoms. The molecule has 0 saturated carbocycles. The second-order valence-electron chi connectivity index (χ2n) is 3.30. The number of rotatable bonds is 4. The highest BCUT2D eigenvalue weighted by atomic mass is 79.9. The second kappa shape index (κ2) is 6.53. The third kappa shape index (κ3) is 4.68. The Morgan fingerprint density at radius 1 is 1.53 bits per heavy atom. The van der Waals surface area contributed by atoms with Crippen LogP contribution in [0.15, 0.2) is 22.7 Å². The number of hydrogen-bond donors (Lipinski definition) is 4. The van der Waals surface area contributed by atoms with Gasteiger partial charge in [0.15, 0.2) is 0 Å². The average molecular weight is 307 g/mol. The Hall–Kier alpha value is -1.18. The summed E-state index contributed by atoms with van der Waals surface area (Å²) in [6.07, 6.45) is -1.03. The maximum Gasteiger partial charge on any atom is 0.319 e. The average Bonchev–Trinajstić information content (AvgIpc) is 2.30. The van der Waals surface area contributed by atoms with E-state index in [1.165, 1.54) is 18.2 Å². The standard InChI is InChI=1S/C10H12BrFN2O3/c11-6-1-2-8(12)9(3-6)14-10(17)13-4-7(16)5-15/h1-3,7,15-16H,4-5H2,(H2,13,14,17)/t7-/m1/s1. The lowest BCUT2D eigenvalue weighted by atomic mass is 10.3. The number of carbonyl (C=O) groups is 1. The van der Waals surface area contributed by atoms with Crippen LogP contribution >= 0.6 is 15.9 Å². The third-order valence-electron chi connectivity index (χ3n) is 1.89. The van der Waals surface area contributed by atoms with Crippen LogP contribution in [0.1, 0.15) is 0 Å². The minimum Gasteiger partial charge on any atom is -0.394 e. The highest BCUT2D eigenvalue weighted by Gasteiger charge is 2.08. The molecule has 0 aliphatic rings. The van der Waals surface area contributed by atoms with E-state index in [1.54, 1.807) is 0 Å². The van der Waals surface area contributed by atoms with Crippen LogP contribution in [-0.4, -0.2) is 35.5 Å². The summed E-state index contributed by atoms with van der Waals surface area (Å²) in [7, 11) is 0. The molecule has 0 heterocycles. The molecule has 0 spiro atoms. The first kappa shape index (κ1) is 13.9. The molecule has 0 aliphatic carbocycles. The predicted octanol–water partition coefficient (Wildman–Crippen LogP) is 1.06. The number of aliphatic hydroxyl groups is 2. The molecule has 94 valence electrons. The summed E-state index contributed by atoms with van der Waals surface area (Å²) >= 11 is 3.15. The second-order valence-corrected chi connectivity index (χ2v) is 4.21. The minimum atomic E-state index is -1.03. The van der Waals surface area contributed by atoms with Crippen LogP contribution in [0.25, 0.3) is 0 Å². The molecule has 1 aromatic carbocycles. The van der Waals surface area contributed by atoms with E-state index in [9.17, 15) is 9.18 Å². The molecule has 1 atom stereocenters. The molecule has 0 aromatic heterocycles. The van der Waals surface area contributed by atoms with Crippen molar-refractivity contribution >= 4 is 27.6 Å². The first-order valence-corrected chi connectivity index (χ1v) is 5.61. The molecule has 0 bridgehead atoms. The maximum absolute atomic E-state index is 13.2. The van der Waals surface area contributed by atoms with Crippen LogP contribution in [0.4, 0.5) is 14.9 Å². The van der Waals surface area contributed by atoms with E-state index >= 15 is 0 Å². The molecule has 0 aliphatic heterocycles. The van der Waals surface area contributed by atoms with Crippen molar-refractivity contribution in [1.82, 2.24) is 5.32 Å². The number of benzene rings is 1. The molecule has 1 rings (SSSR count). The Bertz CT molecular complexity index is 403. The first-order chi connectivity index (χ1) is 8.02. The summed E-state index contributed by atoms with van der Waals surface area (Å²) in [5.74, 6) is -0.564. The molecular formula is C10H12BrFN2O3. The van der Waals surface area contributed by atoms with Gasteiger partial charge in [0.25, 0.3) is 0 Å². The van der Waals surface area contributed by atoms with Gasteiger partial charge in [0.05, 0.1) is 18.4 Å². The SMILES string of the molecule is O=C(NC[C@@H](O)CO)Nc1cc(Br)ccc1F. The van der Waals surface area contributed by atoms with Crippen molar-refractivity contribution < 1.29 is 19.4 Å². The van der Waals surface area contributed by atoms with E-state index in [1.807, 2.05) is 0 Å². The topological polar surface area (TPSA) is 81.6 Å². The van der Waals surface area contributed by atoms with E-state index in [4.69, 9.17) is 10.2 Å². The minimum absolute atomic E-state index is 0.0235. The van der Waals surface area contributed by atoms with Gasteiger partial charge in [-0.15, -0.1) is 0 Å². The fourth-order valence-electron chi connectivity index (χ4n) is 1.03. The maximum atomic E-state index is 13.2. The quantitative estimate of drug-likeness (QED) is 0.671. The van der Waals surface area contributed by atoms with E-state index < -0.39 is 24.6 Å². The molecular weight excluding hydrogens is 295 g/mol. The Kier molecular flexibility index (Phi) is 5.33. The van der Waals surface area contributed by atoms with Gasteiger partial charge >= 0.3 is 6.03 Å². The van der Waals surface area contributed by atoms with Gasteiger partial charge in [-0.2, -0.15) is 0 Å². The van der Waals surface area contributed by atoms with Gasteiger partial charge < -0.3 is 20.8 Å². The largest absolute Gasteiger partial charge is 0.394 e. The van der Waals surface area contributed by atoms with Crippen LogP contribution in [-0.2, 0) is 0 Å². The highest BCUT2D eigenvalue weighted by molar-refractivity contribution is 9.10. The number of halogens is 2. The van der Waals surface area contributed by atoms with Gasteiger partial charge in [0.1, 0.15) is 5.82 Å². The zero-order valence-corrected chi connectivity index (χ0v) is 10.4. The first-order valence-electron chi connectivity index (χ1n) is 4.81. The number of aliphatic hydroxyl groups excluding tert-OH is 2. The summed E-state index contributed by atoms with van der Waals surface area (Å²) in [4.78, 5) is 11.3. The number of carbonyl (C=O) groups excluding carboxylic acids is 1. The number of nitrogens with one attached hydrogen (secondary N) is 2. The van der Waals surface area contributed by atoms with Gasteiger partial charge in [0, 0.05) is 11.0 Å². The molecule has 0 unspecified atom stereocenters. The molecule has 17 heavy (non-hydrogen) atoms. The van der Waals surface area contributed by atoms with E-state index in [0.717, 1.165) is 0 Å². The molecule has 2 amide bonds. The van der Waals surface area contributed by atoms with Gasteiger partial charge in [-0.25, -0.2) is 9.18 Å². The van der Waals surface area contributed by atoms with Gasteiger partial charge in [-0.05, 0) is 18.2 Å². The van der Waals surface area contributed by atoms with E-state index in [0.29, 0.717) is 4.47 Å². The van der Waals surface area contributed by atoms with E-state index in [-0.39, 0.29) is 12.2 Å². The predicted molar refractivity (Wildman–Crippen MR) is 64.2 cm³/mol. The smallest absolute Gasteiger partial charge is 0.319 e. The Labute approximate surface area is 106 Å². The zero-order chi connectivity index (χ0) is 12.8. The van der Waals surface area contributed by atoms with Crippen LogP contribution in [0.3, 0.4) is 0 Å². The lowest BCUT2D eigenvalue weighted by Crippen LogP contribution is -2.36. The van der Waals surface area contributed by atoms with Crippen molar-refractivity contribution in [3.63, 3.8) is 0 Å². The fourth-order valence-corrected chi connectivity index (χ4v) is 1.40. The normalized spacial score (nSPS) is 12.0. The Morgan fingerprint density at radius 2 is 2.24 bits per heavy atom. The highest BCUT2D eigenvalue weighted by Crippen LogP contribution is 2.19. The van der Waals surface area contributed by atoms with E-state index in [2.05, 4.69) is 26.6 Å². The summed E-state index contributed by atoms with van der Waals surface area (Å²) in [6.45, 7) is -0.566. The molecule has 5 nitrogen and oxygen atoms in total. The van der Waals surface area contributed by atoms with Crippen LogP contribution < -0.4 is 10.6 Å². The van der Waals surface area contributed by atoms with Crippen molar-refractivity contribution in [3.8, 4) is 0 Å². The Balaban J connectivity index is 2.53. The van der Waals surface area contributed by atoms with Crippen molar-refractivity contribution in [2.75, 3.05) is 18.5 Å². The van der Waals surface area contributed by atoms with Crippen LogP contribution in [0.2, 0.25) is 0 Å². The molecule has 0 saturated heterocycles. The molecule has 0 fully saturated rings. The number of anilines is 1. The summed E-state index contributed by atoms with van der Waals surface area (Å²) < 4.78 is 13.9. The van der Waals surface area contributed by atoms with Crippen molar-refractivity contribution in [3.05, 3.63) is 28.5 Å².